The number of nitrogens with one attached hydrogen (secondary N) is 2. The minimum atomic E-state index is -4.47. The maximum Gasteiger partial charge on any atom is 0.405 e. The van der Waals surface area contributed by atoms with E-state index in [2.05, 4.69) is 5.32 Å². The van der Waals surface area contributed by atoms with Gasteiger partial charge in [-0.15, -0.1) is 0 Å². The molecule has 0 aliphatic carbocycles. The molecule has 0 bridgehead atoms. The molecule has 0 spiro atoms. The highest BCUT2D eigenvalue weighted by molar-refractivity contribution is 5.73. The Kier molecular flexibility index (Phi) is 5.29. The molecule has 0 aromatic heterocycles. The van der Waals surface area contributed by atoms with Gasteiger partial charge in [0.25, 0.3) is 0 Å². The third-order valence-corrected chi connectivity index (χ3v) is 1.44. The Labute approximate surface area is 80.0 Å². The summed E-state index contributed by atoms with van der Waals surface area (Å²) in [6, 6.07) is -2.65. The van der Waals surface area contributed by atoms with Crippen LogP contribution < -0.4 is 16.4 Å². The quantitative estimate of drug-likeness (QED) is 0.639. The maximum absolute atomic E-state index is 11.9. The van der Waals surface area contributed by atoms with Gasteiger partial charge in [0.05, 0.1) is 0 Å². The highest BCUT2D eigenvalue weighted by atomic mass is 19.4. The fourth-order valence-corrected chi connectivity index (χ4v) is 0.619. The van der Waals surface area contributed by atoms with Gasteiger partial charge < -0.3 is 16.4 Å². The first-order valence-corrected chi connectivity index (χ1v) is 4.22. The summed E-state index contributed by atoms with van der Waals surface area (Å²) in [5, 5.41) is 4.39. The van der Waals surface area contributed by atoms with Crippen molar-refractivity contribution in [2.24, 2.45) is 5.73 Å². The summed E-state index contributed by atoms with van der Waals surface area (Å²) in [5.74, 6) is 0. The molecule has 1 unspecified atom stereocenters. The summed E-state index contributed by atoms with van der Waals surface area (Å²) in [6.45, 7) is 1.65. The van der Waals surface area contributed by atoms with Gasteiger partial charge in [-0.3, -0.25) is 0 Å². The van der Waals surface area contributed by atoms with Crippen LogP contribution in [0.5, 0.6) is 0 Å². The van der Waals surface area contributed by atoms with Crippen LogP contribution in [0.2, 0.25) is 0 Å². The molecule has 14 heavy (non-hydrogen) atoms. The molecule has 0 fully saturated rings. The summed E-state index contributed by atoms with van der Waals surface area (Å²) in [4.78, 5) is 10.8. The number of halogens is 3. The Hall–Kier alpha value is -0.980. The molecule has 0 aromatic rings. The molecule has 0 saturated heterocycles. The molecule has 84 valence electrons. The lowest BCUT2D eigenvalue weighted by atomic mass is 10.3. The smallest absolute Gasteiger partial charge is 0.338 e. The molecule has 0 heterocycles. The Morgan fingerprint density at radius 2 is 2.00 bits per heavy atom. The normalized spacial score (nSPS) is 13.5. The van der Waals surface area contributed by atoms with Gasteiger partial charge in [-0.25, -0.2) is 4.79 Å². The van der Waals surface area contributed by atoms with Crippen LogP contribution in [0.15, 0.2) is 0 Å². The van der Waals surface area contributed by atoms with Crippen LogP contribution in [0, 0.1) is 0 Å². The lowest BCUT2D eigenvalue weighted by molar-refractivity contribution is -0.146. The van der Waals surface area contributed by atoms with E-state index in [0.29, 0.717) is 6.54 Å². The van der Waals surface area contributed by atoms with E-state index in [9.17, 15) is 18.0 Å². The van der Waals surface area contributed by atoms with Gasteiger partial charge in [0, 0.05) is 13.1 Å². The molecule has 4 nitrogen and oxygen atoms in total. The maximum atomic E-state index is 11.9. The minimum absolute atomic E-state index is 0.424. The van der Waals surface area contributed by atoms with E-state index in [1.165, 1.54) is 0 Å². The van der Waals surface area contributed by atoms with E-state index in [1.807, 2.05) is 12.2 Å². The van der Waals surface area contributed by atoms with Crippen molar-refractivity contribution in [2.75, 3.05) is 13.1 Å². The molecule has 0 aromatic carbocycles. The van der Waals surface area contributed by atoms with E-state index in [1.54, 1.807) is 0 Å². The third-order valence-electron chi connectivity index (χ3n) is 1.44. The number of rotatable bonds is 4. The average molecular weight is 213 g/mol. The highest BCUT2D eigenvalue weighted by Gasteiger charge is 2.36. The Bertz CT molecular complexity index is 184. The number of carbonyl (C=O) groups is 1. The van der Waals surface area contributed by atoms with Gasteiger partial charge in [0.2, 0.25) is 0 Å². The van der Waals surface area contributed by atoms with Crippen molar-refractivity contribution in [2.45, 2.75) is 25.6 Å². The van der Waals surface area contributed by atoms with Crippen molar-refractivity contribution < 1.29 is 18.0 Å². The van der Waals surface area contributed by atoms with Crippen molar-refractivity contribution in [1.82, 2.24) is 10.6 Å². The predicted molar refractivity (Wildman–Crippen MR) is 45.7 cm³/mol. The van der Waals surface area contributed by atoms with Gasteiger partial charge in [0.1, 0.15) is 6.04 Å². The van der Waals surface area contributed by atoms with Crippen molar-refractivity contribution in [3.05, 3.63) is 0 Å². The SMILES string of the molecule is CCCNC(=O)NCC(N)C(F)(F)F. The lowest BCUT2D eigenvalue weighted by Crippen LogP contribution is -2.49. The van der Waals surface area contributed by atoms with E-state index in [-0.39, 0.29) is 0 Å². The minimum Gasteiger partial charge on any atom is -0.338 e. The summed E-state index contributed by atoms with van der Waals surface area (Å²) >= 11 is 0. The van der Waals surface area contributed by atoms with E-state index in [0.717, 1.165) is 6.42 Å². The number of alkyl halides is 3. The van der Waals surface area contributed by atoms with Crippen LogP contribution in [-0.2, 0) is 0 Å². The second-order valence-corrected chi connectivity index (χ2v) is 2.78. The van der Waals surface area contributed by atoms with Crippen LogP contribution in [0.4, 0.5) is 18.0 Å². The summed E-state index contributed by atoms with van der Waals surface area (Å²) in [6.07, 6.45) is -3.75. The zero-order chi connectivity index (χ0) is 11.2. The van der Waals surface area contributed by atoms with Crippen molar-refractivity contribution in [1.29, 1.82) is 0 Å². The largest absolute Gasteiger partial charge is 0.405 e. The molecule has 0 aliphatic rings. The fraction of sp³-hybridized carbons (Fsp3) is 0.857. The molecule has 1 atom stereocenters. The second-order valence-electron chi connectivity index (χ2n) is 2.78. The van der Waals surface area contributed by atoms with Crippen LogP contribution in [0.3, 0.4) is 0 Å². The van der Waals surface area contributed by atoms with E-state index in [4.69, 9.17) is 5.73 Å². The van der Waals surface area contributed by atoms with Gasteiger partial charge >= 0.3 is 12.2 Å². The number of nitrogens with two attached hydrogens (primary N) is 1. The molecule has 0 saturated carbocycles. The van der Waals surface area contributed by atoms with Gasteiger partial charge in [0.15, 0.2) is 0 Å². The highest BCUT2D eigenvalue weighted by Crippen LogP contribution is 2.17. The summed E-state index contributed by atoms with van der Waals surface area (Å²) in [7, 11) is 0. The first kappa shape index (κ1) is 13.0. The van der Waals surface area contributed by atoms with Gasteiger partial charge in [-0.2, -0.15) is 13.2 Å². The predicted octanol–water partition coefficient (Wildman–Crippen LogP) is 0.585. The number of urea groups is 1. The summed E-state index contributed by atoms with van der Waals surface area (Å²) in [5.41, 5.74) is 4.76. The topological polar surface area (TPSA) is 67.2 Å². The number of hydrogen-bond acceptors (Lipinski definition) is 2. The Balaban J connectivity index is 3.67. The first-order valence-electron chi connectivity index (χ1n) is 4.22. The molecule has 0 rings (SSSR count). The van der Waals surface area contributed by atoms with Crippen LogP contribution in [-0.4, -0.2) is 31.3 Å². The van der Waals surface area contributed by atoms with Crippen LogP contribution in [0.25, 0.3) is 0 Å². The number of carbonyl (C=O) groups excluding carboxylic acids is 1. The summed E-state index contributed by atoms with van der Waals surface area (Å²) < 4.78 is 35.6. The van der Waals surface area contributed by atoms with E-state index >= 15 is 0 Å². The Morgan fingerprint density at radius 3 is 2.43 bits per heavy atom. The van der Waals surface area contributed by atoms with Crippen LogP contribution >= 0.6 is 0 Å². The second kappa shape index (κ2) is 5.69. The van der Waals surface area contributed by atoms with Gasteiger partial charge in [-0.05, 0) is 6.42 Å². The molecule has 4 N–H and O–H groups in total. The zero-order valence-corrected chi connectivity index (χ0v) is 7.82. The molecular weight excluding hydrogens is 199 g/mol. The zero-order valence-electron chi connectivity index (χ0n) is 7.82. The van der Waals surface area contributed by atoms with Crippen molar-refractivity contribution in [3.8, 4) is 0 Å². The van der Waals surface area contributed by atoms with Crippen molar-refractivity contribution in [3.63, 3.8) is 0 Å². The molecule has 0 aliphatic heterocycles. The molecule has 2 amide bonds. The van der Waals surface area contributed by atoms with Gasteiger partial charge in [-0.1, -0.05) is 6.92 Å². The third kappa shape index (κ3) is 5.63. The molecule has 0 radical (unpaired) electrons. The van der Waals surface area contributed by atoms with E-state index < -0.39 is 24.8 Å². The number of hydrogen-bond donors (Lipinski definition) is 3. The first-order chi connectivity index (χ1) is 6.38. The monoisotopic (exact) mass is 213 g/mol. The molecule has 7 heteroatoms. The lowest BCUT2D eigenvalue weighted by Gasteiger charge is -2.16. The average Bonchev–Trinajstić information content (AvgIpc) is 2.09. The standard InChI is InChI=1S/C7H14F3N3O/c1-2-3-12-6(14)13-4-5(11)7(8,9)10/h5H,2-4,11H2,1H3,(H2,12,13,14). The molecular formula is C7H14F3N3O. The van der Waals surface area contributed by atoms with Crippen molar-refractivity contribution >= 4 is 6.03 Å². The van der Waals surface area contributed by atoms with Crippen LogP contribution in [0.1, 0.15) is 13.3 Å². The fourth-order valence-electron chi connectivity index (χ4n) is 0.619. The Morgan fingerprint density at radius 1 is 1.43 bits per heavy atom. The number of amides is 2.